The van der Waals surface area contributed by atoms with Crippen molar-refractivity contribution in [2.24, 2.45) is 35.5 Å². The van der Waals surface area contributed by atoms with Gasteiger partial charge in [-0.05, 0) is 48.3 Å². The molecule has 6 unspecified atom stereocenters. The van der Waals surface area contributed by atoms with E-state index < -0.39 is 0 Å². The molecule has 0 nitrogen and oxygen atoms in total. The van der Waals surface area contributed by atoms with Crippen LogP contribution in [0.4, 0.5) is 0 Å². The Labute approximate surface area is 101 Å². The molecular weight excluding hydrogens is 192 g/mol. The lowest BCUT2D eigenvalue weighted by Crippen LogP contribution is -2.41. The topological polar surface area (TPSA) is 0 Å². The molecule has 0 aromatic carbocycles. The average molecular weight is 220 g/mol. The van der Waals surface area contributed by atoms with E-state index in [2.05, 4.69) is 13.8 Å². The van der Waals surface area contributed by atoms with Crippen molar-refractivity contribution < 1.29 is 0 Å². The zero-order valence-corrected chi connectivity index (χ0v) is 11.1. The molecule has 3 aliphatic rings. The third-order valence-electron chi connectivity index (χ3n) is 6.29. The Bertz CT molecular complexity index is 218. The highest BCUT2D eigenvalue weighted by Gasteiger charge is 2.43. The van der Waals surface area contributed by atoms with E-state index in [0.717, 1.165) is 35.5 Å². The maximum atomic E-state index is 2.53. The lowest BCUT2D eigenvalue weighted by molar-refractivity contribution is -0.00000111. The summed E-state index contributed by atoms with van der Waals surface area (Å²) in [4.78, 5) is 0. The van der Waals surface area contributed by atoms with Crippen LogP contribution in [-0.4, -0.2) is 0 Å². The molecule has 3 fully saturated rings. The maximum absolute atomic E-state index is 2.53. The van der Waals surface area contributed by atoms with Crippen LogP contribution < -0.4 is 0 Å². The zero-order valence-electron chi connectivity index (χ0n) is 11.1. The van der Waals surface area contributed by atoms with Gasteiger partial charge < -0.3 is 0 Å². The molecule has 0 aromatic heterocycles. The van der Waals surface area contributed by atoms with E-state index in [4.69, 9.17) is 0 Å². The summed E-state index contributed by atoms with van der Waals surface area (Å²) in [5.74, 6) is 6.53. The van der Waals surface area contributed by atoms with Gasteiger partial charge in [0.2, 0.25) is 0 Å². The fourth-order valence-electron chi connectivity index (χ4n) is 5.32. The maximum Gasteiger partial charge on any atom is -0.0357 e. The summed E-state index contributed by atoms with van der Waals surface area (Å²) in [5, 5.41) is 0. The van der Waals surface area contributed by atoms with Crippen LogP contribution in [0.15, 0.2) is 0 Å². The van der Waals surface area contributed by atoms with E-state index in [1.54, 1.807) is 25.7 Å². The van der Waals surface area contributed by atoms with Crippen LogP contribution in [0.3, 0.4) is 0 Å². The van der Waals surface area contributed by atoms with Crippen LogP contribution >= 0.6 is 0 Å². The van der Waals surface area contributed by atoms with Gasteiger partial charge in [0.05, 0.1) is 0 Å². The van der Waals surface area contributed by atoms with E-state index in [9.17, 15) is 0 Å². The molecule has 3 rings (SSSR count). The van der Waals surface area contributed by atoms with E-state index in [-0.39, 0.29) is 0 Å². The molecule has 0 heteroatoms. The van der Waals surface area contributed by atoms with Crippen molar-refractivity contribution in [3.63, 3.8) is 0 Å². The molecule has 0 aliphatic heterocycles. The van der Waals surface area contributed by atoms with Crippen molar-refractivity contribution in [3.05, 3.63) is 0 Å². The smallest absolute Gasteiger partial charge is 0.0357 e. The van der Waals surface area contributed by atoms with E-state index in [1.807, 2.05) is 0 Å². The average Bonchev–Trinajstić information content (AvgIpc) is 2.29. The van der Waals surface area contributed by atoms with Gasteiger partial charge in [0.25, 0.3) is 0 Å². The summed E-state index contributed by atoms with van der Waals surface area (Å²) in [7, 11) is 0. The lowest BCUT2D eigenvalue weighted by atomic mass is 9.55. The summed E-state index contributed by atoms with van der Waals surface area (Å²) in [6.45, 7) is 5.06. The molecular formula is C16H28. The van der Waals surface area contributed by atoms with Crippen molar-refractivity contribution in [3.8, 4) is 0 Å². The van der Waals surface area contributed by atoms with E-state index in [1.165, 1.54) is 25.7 Å². The van der Waals surface area contributed by atoms with Gasteiger partial charge in [0, 0.05) is 0 Å². The van der Waals surface area contributed by atoms with Crippen LogP contribution in [-0.2, 0) is 0 Å². The lowest BCUT2D eigenvalue weighted by Gasteiger charge is -2.50. The monoisotopic (exact) mass is 220 g/mol. The fourth-order valence-corrected chi connectivity index (χ4v) is 5.32. The summed E-state index contributed by atoms with van der Waals surface area (Å²) >= 11 is 0. The van der Waals surface area contributed by atoms with E-state index >= 15 is 0 Å². The Morgan fingerprint density at radius 1 is 0.625 bits per heavy atom. The normalized spacial score (nSPS) is 52.9. The summed E-state index contributed by atoms with van der Waals surface area (Å²) in [6.07, 6.45) is 12.4. The molecule has 0 amide bonds. The van der Waals surface area contributed by atoms with E-state index in [0.29, 0.717) is 0 Å². The van der Waals surface area contributed by atoms with Crippen molar-refractivity contribution in [1.29, 1.82) is 0 Å². The Morgan fingerprint density at radius 2 is 1.06 bits per heavy atom. The SMILES string of the molecule is CC1CCCC2CC3C(C)CCCC3CC12. The van der Waals surface area contributed by atoms with Gasteiger partial charge in [-0.15, -0.1) is 0 Å². The van der Waals surface area contributed by atoms with Crippen molar-refractivity contribution in [1.82, 2.24) is 0 Å². The van der Waals surface area contributed by atoms with Gasteiger partial charge in [-0.1, -0.05) is 52.4 Å². The van der Waals surface area contributed by atoms with Gasteiger partial charge in [0.15, 0.2) is 0 Å². The Balaban J connectivity index is 1.74. The number of hydrogen-bond donors (Lipinski definition) is 0. The molecule has 0 radical (unpaired) electrons. The van der Waals surface area contributed by atoms with Crippen molar-refractivity contribution >= 4 is 0 Å². The number of rotatable bonds is 0. The third kappa shape index (κ3) is 1.83. The molecule has 3 saturated carbocycles. The van der Waals surface area contributed by atoms with Gasteiger partial charge in [0.1, 0.15) is 0 Å². The number of hydrogen-bond acceptors (Lipinski definition) is 0. The first kappa shape index (κ1) is 11.1. The highest BCUT2D eigenvalue weighted by molar-refractivity contribution is 4.93. The number of fused-ring (bicyclic) bond motifs is 2. The molecule has 0 saturated heterocycles. The van der Waals surface area contributed by atoms with Gasteiger partial charge >= 0.3 is 0 Å². The standard InChI is InChI=1S/C16H28/c1-11-5-3-7-13-10-16-12(2)6-4-8-14(16)9-15(11)13/h11-16H,3-10H2,1-2H3. The predicted molar refractivity (Wildman–Crippen MR) is 69.2 cm³/mol. The van der Waals surface area contributed by atoms with Gasteiger partial charge in [-0.3, -0.25) is 0 Å². The van der Waals surface area contributed by atoms with Crippen LogP contribution in [0.2, 0.25) is 0 Å². The molecule has 0 heterocycles. The minimum absolute atomic E-state index is 1.04. The van der Waals surface area contributed by atoms with Crippen molar-refractivity contribution in [2.45, 2.75) is 65.2 Å². The van der Waals surface area contributed by atoms with Gasteiger partial charge in [-0.25, -0.2) is 0 Å². The van der Waals surface area contributed by atoms with Crippen LogP contribution in [0.5, 0.6) is 0 Å². The molecule has 0 spiro atoms. The predicted octanol–water partition coefficient (Wildman–Crippen LogP) is 4.89. The van der Waals surface area contributed by atoms with Crippen LogP contribution in [0, 0.1) is 35.5 Å². The summed E-state index contributed by atoms with van der Waals surface area (Å²) in [6, 6.07) is 0. The molecule has 0 N–H and O–H groups in total. The first-order valence-corrected chi connectivity index (χ1v) is 7.75. The quantitative estimate of drug-likeness (QED) is 0.545. The van der Waals surface area contributed by atoms with Crippen molar-refractivity contribution in [2.75, 3.05) is 0 Å². The highest BCUT2D eigenvalue weighted by atomic mass is 14.5. The minimum Gasteiger partial charge on any atom is -0.0622 e. The second kappa shape index (κ2) is 4.35. The third-order valence-corrected chi connectivity index (χ3v) is 6.29. The van der Waals surface area contributed by atoms with Crippen LogP contribution in [0.1, 0.15) is 65.2 Å². The molecule has 0 aromatic rings. The molecule has 92 valence electrons. The summed E-state index contributed by atoms with van der Waals surface area (Å²) in [5.41, 5.74) is 0. The molecule has 3 aliphatic carbocycles. The minimum atomic E-state index is 1.04. The first-order chi connectivity index (χ1) is 7.75. The molecule has 6 atom stereocenters. The largest absolute Gasteiger partial charge is 0.0622 e. The Kier molecular flexibility index (Phi) is 3.02. The Hall–Kier alpha value is 0. The first-order valence-electron chi connectivity index (χ1n) is 7.75. The Morgan fingerprint density at radius 3 is 1.50 bits per heavy atom. The zero-order chi connectivity index (χ0) is 11.1. The summed E-state index contributed by atoms with van der Waals surface area (Å²) < 4.78 is 0. The molecule has 0 bridgehead atoms. The second-order valence-electron chi connectivity index (χ2n) is 7.14. The van der Waals surface area contributed by atoms with Crippen LogP contribution in [0.25, 0.3) is 0 Å². The highest BCUT2D eigenvalue weighted by Crippen LogP contribution is 2.53. The van der Waals surface area contributed by atoms with Gasteiger partial charge in [-0.2, -0.15) is 0 Å². The molecule has 16 heavy (non-hydrogen) atoms. The second-order valence-corrected chi connectivity index (χ2v) is 7.14. The fraction of sp³-hybridized carbons (Fsp3) is 1.00.